The topological polar surface area (TPSA) is 80.3 Å². The van der Waals surface area contributed by atoms with E-state index >= 15 is 0 Å². The number of hydrogen-bond acceptors (Lipinski definition) is 5. The van der Waals surface area contributed by atoms with Gasteiger partial charge in [-0.2, -0.15) is 5.26 Å². The fourth-order valence-electron chi connectivity index (χ4n) is 1.58. The van der Waals surface area contributed by atoms with Gasteiger partial charge in [-0.15, -0.1) is 0 Å². The predicted molar refractivity (Wildman–Crippen MR) is 71.3 cm³/mol. The van der Waals surface area contributed by atoms with Crippen LogP contribution in [-0.4, -0.2) is 33.5 Å². The maximum Gasteiger partial charge on any atom is 0.0976 e. The minimum atomic E-state index is -0.00744. The second-order valence-corrected chi connectivity index (χ2v) is 3.94. The number of nitrogens with zero attached hydrogens (tertiary/aromatic N) is 1. The van der Waals surface area contributed by atoms with Crippen molar-refractivity contribution in [2.75, 3.05) is 38.4 Å². The van der Waals surface area contributed by atoms with Crippen LogP contribution in [0.5, 0.6) is 0 Å². The third-order valence-corrected chi connectivity index (χ3v) is 2.63. The van der Waals surface area contributed by atoms with Crippen molar-refractivity contribution in [3.8, 4) is 6.07 Å². The van der Waals surface area contributed by atoms with E-state index in [-0.39, 0.29) is 6.10 Å². The Kier molecular flexibility index (Phi) is 5.98. The minimum absolute atomic E-state index is 0.00744. The molecular weight excluding hydrogens is 230 g/mol. The molecule has 0 aliphatic rings. The molecule has 0 spiro atoms. The summed E-state index contributed by atoms with van der Waals surface area (Å²) < 4.78 is 10.3. The molecule has 0 radical (unpaired) electrons. The zero-order valence-electron chi connectivity index (χ0n) is 10.8. The molecule has 98 valence electrons. The lowest BCUT2D eigenvalue weighted by Gasteiger charge is -2.16. The smallest absolute Gasteiger partial charge is 0.0976 e. The molecule has 18 heavy (non-hydrogen) atoms. The van der Waals surface area contributed by atoms with Crippen molar-refractivity contribution in [2.45, 2.75) is 12.5 Å². The highest BCUT2D eigenvalue weighted by molar-refractivity contribution is 5.58. The number of nitrogens with two attached hydrogens (primary N) is 1. The Hall–Kier alpha value is -1.77. The molecule has 0 aliphatic heterocycles. The van der Waals surface area contributed by atoms with Crippen LogP contribution in [0.1, 0.15) is 5.56 Å². The average Bonchev–Trinajstić information content (AvgIpc) is 2.38. The molecule has 0 saturated heterocycles. The van der Waals surface area contributed by atoms with Crippen LogP contribution in [-0.2, 0) is 15.9 Å². The Labute approximate surface area is 107 Å². The van der Waals surface area contributed by atoms with Crippen molar-refractivity contribution in [2.24, 2.45) is 0 Å². The van der Waals surface area contributed by atoms with Gasteiger partial charge in [-0.25, -0.2) is 0 Å². The maximum atomic E-state index is 8.70. The molecule has 1 unspecified atom stereocenters. The Balaban J connectivity index is 2.62. The summed E-state index contributed by atoms with van der Waals surface area (Å²) in [5.41, 5.74) is 8.18. The van der Waals surface area contributed by atoms with E-state index in [0.717, 1.165) is 11.3 Å². The third kappa shape index (κ3) is 4.24. The van der Waals surface area contributed by atoms with E-state index in [1.807, 2.05) is 12.1 Å². The van der Waals surface area contributed by atoms with Gasteiger partial charge in [0, 0.05) is 32.1 Å². The Morgan fingerprint density at radius 2 is 2.22 bits per heavy atom. The van der Waals surface area contributed by atoms with E-state index in [1.165, 1.54) is 0 Å². The Bertz CT molecular complexity index is 415. The number of anilines is 2. The summed E-state index contributed by atoms with van der Waals surface area (Å²) in [6.45, 7) is 1.17. The average molecular weight is 249 g/mol. The van der Waals surface area contributed by atoms with E-state index < -0.39 is 0 Å². The van der Waals surface area contributed by atoms with Crippen molar-refractivity contribution < 1.29 is 9.47 Å². The summed E-state index contributed by atoms with van der Waals surface area (Å²) in [4.78, 5) is 0. The standard InChI is InChI=1S/C13H19N3O2/c1-17-9-12(18-2)8-16-11-3-4-13(15)10(7-11)5-6-14/h3-4,7,12,16H,5,8-9,15H2,1-2H3. The summed E-state index contributed by atoms with van der Waals surface area (Å²) in [5.74, 6) is 0. The van der Waals surface area contributed by atoms with Gasteiger partial charge in [-0.1, -0.05) is 0 Å². The highest BCUT2D eigenvalue weighted by Gasteiger charge is 2.07. The molecular formula is C13H19N3O2. The van der Waals surface area contributed by atoms with Gasteiger partial charge >= 0.3 is 0 Å². The van der Waals surface area contributed by atoms with Gasteiger partial charge in [-0.05, 0) is 23.8 Å². The number of hydrogen-bond donors (Lipinski definition) is 2. The van der Waals surface area contributed by atoms with Gasteiger partial charge in [0.15, 0.2) is 0 Å². The molecule has 0 heterocycles. The van der Waals surface area contributed by atoms with Gasteiger partial charge in [0.2, 0.25) is 0 Å². The highest BCUT2D eigenvalue weighted by Crippen LogP contribution is 2.18. The number of methoxy groups -OCH3 is 2. The van der Waals surface area contributed by atoms with Gasteiger partial charge < -0.3 is 20.5 Å². The van der Waals surface area contributed by atoms with Crippen molar-refractivity contribution in [3.05, 3.63) is 23.8 Å². The fraction of sp³-hybridized carbons (Fsp3) is 0.462. The number of nitrogens with one attached hydrogen (secondary N) is 1. The monoisotopic (exact) mass is 249 g/mol. The van der Waals surface area contributed by atoms with Crippen molar-refractivity contribution in [1.82, 2.24) is 0 Å². The molecule has 1 aromatic carbocycles. The zero-order valence-corrected chi connectivity index (χ0v) is 10.8. The van der Waals surface area contributed by atoms with Crippen LogP contribution in [0.15, 0.2) is 18.2 Å². The highest BCUT2D eigenvalue weighted by atomic mass is 16.5. The molecule has 0 bridgehead atoms. The number of benzene rings is 1. The molecule has 0 saturated carbocycles. The maximum absolute atomic E-state index is 8.70. The number of nitriles is 1. The molecule has 1 atom stereocenters. The van der Waals surface area contributed by atoms with E-state index in [4.69, 9.17) is 20.5 Å². The first-order valence-electron chi connectivity index (χ1n) is 5.72. The second-order valence-electron chi connectivity index (χ2n) is 3.94. The SMILES string of the molecule is COCC(CNc1ccc(N)c(CC#N)c1)OC. The van der Waals surface area contributed by atoms with Crippen LogP contribution < -0.4 is 11.1 Å². The summed E-state index contributed by atoms with van der Waals surface area (Å²) in [6, 6.07) is 7.67. The first kappa shape index (κ1) is 14.3. The van der Waals surface area contributed by atoms with Gasteiger partial charge in [0.25, 0.3) is 0 Å². The molecule has 5 heteroatoms. The Morgan fingerprint density at radius 3 is 2.83 bits per heavy atom. The van der Waals surface area contributed by atoms with Gasteiger partial charge in [-0.3, -0.25) is 0 Å². The molecule has 0 aliphatic carbocycles. The molecule has 3 N–H and O–H groups in total. The molecule has 0 aromatic heterocycles. The third-order valence-electron chi connectivity index (χ3n) is 2.63. The molecule has 0 amide bonds. The zero-order chi connectivity index (χ0) is 13.4. The largest absolute Gasteiger partial charge is 0.398 e. The van der Waals surface area contributed by atoms with E-state index in [2.05, 4.69) is 11.4 Å². The van der Waals surface area contributed by atoms with Crippen LogP contribution >= 0.6 is 0 Å². The lowest BCUT2D eigenvalue weighted by molar-refractivity contribution is 0.0365. The van der Waals surface area contributed by atoms with E-state index in [9.17, 15) is 0 Å². The van der Waals surface area contributed by atoms with Crippen molar-refractivity contribution >= 4 is 11.4 Å². The summed E-state index contributed by atoms with van der Waals surface area (Å²) >= 11 is 0. The van der Waals surface area contributed by atoms with Crippen molar-refractivity contribution in [1.29, 1.82) is 5.26 Å². The number of ether oxygens (including phenoxy) is 2. The van der Waals surface area contributed by atoms with Crippen molar-refractivity contribution in [3.63, 3.8) is 0 Å². The van der Waals surface area contributed by atoms with E-state index in [0.29, 0.717) is 25.3 Å². The number of rotatable bonds is 7. The molecule has 0 fully saturated rings. The minimum Gasteiger partial charge on any atom is -0.398 e. The molecule has 5 nitrogen and oxygen atoms in total. The van der Waals surface area contributed by atoms with Crippen LogP contribution in [0.3, 0.4) is 0 Å². The summed E-state index contributed by atoms with van der Waals surface area (Å²) in [5, 5.41) is 11.9. The Morgan fingerprint density at radius 1 is 1.44 bits per heavy atom. The number of nitrogen functional groups attached to an aromatic ring is 1. The second kappa shape index (κ2) is 7.54. The normalized spacial score (nSPS) is 11.8. The summed E-state index contributed by atoms with van der Waals surface area (Å²) in [7, 11) is 3.29. The first-order chi connectivity index (χ1) is 8.71. The fourth-order valence-corrected chi connectivity index (χ4v) is 1.58. The predicted octanol–water partition coefficient (Wildman–Crippen LogP) is 1.41. The van der Waals surface area contributed by atoms with Crippen LogP contribution in [0, 0.1) is 11.3 Å². The molecule has 1 aromatic rings. The molecule has 1 rings (SSSR count). The summed E-state index contributed by atoms with van der Waals surface area (Å²) in [6.07, 6.45) is 0.305. The van der Waals surface area contributed by atoms with Gasteiger partial charge in [0.05, 0.1) is 25.2 Å². The van der Waals surface area contributed by atoms with E-state index in [1.54, 1.807) is 20.3 Å². The first-order valence-corrected chi connectivity index (χ1v) is 5.72. The van der Waals surface area contributed by atoms with Crippen LogP contribution in [0.25, 0.3) is 0 Å². The quantitative estimate of drug-likeness (QED) is 0.714. The van der Waals surface area contributed by atoms with Crippen LogP contribution in [0.2, 0.25) is 0 Å². The van der Waals surface area contributed by atoms with Gasteiger partial charge in [0.1, 0.15) is 0 Å². The lowest BCUT2D eigenvalue weighted by atomic mass is 10.1. The lowest BCUT2D eigenvalue weighted by Crippen LogP contribution is -2.26. The van der Waals surface area contributed by atoms with Crippen LogP contribution in [0.4, 0.5) is 11.4 Å².